The first-order chi connectivity index (χ1) is 7.27. The number of fused-ring (bicyclic) bond motifs is 1. The third-order valence-electron chi connectivity index (χ3n) is 1.82. The molecule has 2 aromatic rings. The van der Waals surface area contributed by atoms with Crippen LogP contribution in [0.3, 0.4) is 0 Å². The Labute approximate surface area is 84.4 Å². The summed E-state index contributed by atoms with van der Waals surface area (Å²) in [4.78, 5) is 11.9. The van der Waals surface area contributed by atoms with Gasteiger partial charge in [-0.05, 0) is 12.1 Å². The fraction of sp³-hybridized carbons (Fsp3) is 0.222. The molecule has 78 valence electrons. The lowest BCUT2D eigenvalue weighted by molar-refractivity contribution is 0.163. The average Bonchev–Trinajstić information content (AvgIpc) is 2.26. The van der Waals surface area contributed by atoms with Gasteiger partial charge in [-0.1, -0.05) is 0 Å². The Hall–Kier alpha value is -1.85. The van der Waals surface area contributed by atoms with E-state index in [1.165, 1.54) is 6.33 Å². The minimum absolute atomic E-state index is 0.334. The maximum atomic E-state index is 12.0. The highest BCUT2D eigenvalue weighted by Gasteiger charge is 2.06. The van der Waals surface area contributed by atoms with Crippen LogP contribution in [0, 0.1) is 0 Å². The molecule has 2 rings (SSSR count). The molecule has 0 aliphatic rings. The van der Waals surface area contributed by atoms with Crippen molar-refractivity contribution in [1.82, 2.24) is 15.0 Å². The molecule has 15 heavy (non-hydrogen) atoms. The summed E-state index contributed by atoms with van der Waals surface area (Å²) < 4.78 is 24.0. The molecule has 0 aliphatic heterocycles. The third kappa shape index (κ3) is 2.15. The van der Waals surface area contributed by atoms with E-state index in [0.29, 0.717) is 16.9 Å². The molecule has 0 aromatic carbocycles. The van der Waals surface area contributed by atoms with Gasteiger partial charge < -0.3 is 5.32 Å². The smallest absolute Gasteiger partial charge is 0.255 e. The Kier molecular flexibility index (Phi) is 2.66. The van der Waals surface area contributed by atoms with E-state index in [-0.39, 0.29) is 0 Å². The predicted molar refractivity (Wildman–Crippen MR) is 51.8 cm³/mol. The highest BCUT2D eigenvalue weighted by atomic mass is 19.3. The fourth-order valence-corrected chi connectivity index (χ4v) is 1.20. The van der Waals surface area contributed by atoms with Crippen LogP contribution in [-0.2, 0) is 0 Å². The van der Waals surface area contributed by atoms with Crippen molar-refractivity contribution in [3.8, 4) is 0 Å². The van der Waals surface area contributed by atoms with Crippen molar-refractivity contribution in [3.63, 3.8) is 0 Å². The summed E-state index contributed by atoms with van der Waals surface area (Å²) in [6.45, 7) is -0.442. The van der Waals surface area contributed by atoms with Crippen LogP contribution in [0.5, 0.6) is 0 Å². The van der Waals surface area contributed by atoms with Crippen LogP contribution in [0.1, 0.15) is 0 Å². The van der Waals surface area contributed by atoms with E-state index in [1.54, 1.807) is 18.3 Å². The quantitative estimate of drug-likeness (QED) is 0.837. The topological polar surface area (TPSA) is 50.7 Å². The number of aromatic nitrogens is 3. The van der Waals surface area contributed by atoms with Gasteiger partial charge in [0.1, 0.15) is 11.8 Å². The second-order valence-electron chi connectivity index (χ2n) is 2.87. The summed E-state index contributed by atoms with van der Waals surface area (Å²) in [6.07, 6.45) is 0.468. The molecule has 4 nitrogen and oxygen atoms in total. The fourth-order valence-electron chi connectivity index (χ4n) is 1.20. The molecular weight excluding hydrogens is 202 g/mol. The molecule has 6 heteroatoms. The van der Waals surface area contributed by atoms with Gasteiger partial charge in [-0.3, -0.25) is 4.98 Å². The zero-order valence-corrected chi connectivity index (χ0v) is 7.69. The van der Waals surface area contributed by atoms with Gasteiger partial charge in [0.15, 0.2) is 5.82 Å². The third-order valence-corrected chi connectivity index (χ3v) is 1.82. The van der Waals surface area contributed by atoms with E-state index >= 15 is 0 Å². The summed E-state index contributed by atoms with van der Waals surface area (Å²) in [5.74, 6) is 0.334. The van der Waals surface area contributed by atoms with Crippen molar-refractivity contribution >= 4 is 16.9 Å². The summed E-state index contributed by atoms with van der Waals surface area (Å²) in [5, 5.41) is 2.52. The minimum atomic E-state index is -2.42. The van der Waals surface area contributed by atoms with Crippen molar-refractivity contribution in [3.05, 3.63) is 24.7 Å². The monoisotopic (exact) mass is 210 g/mol. The second-order valence-corrected chi connectivity index (χ2v) is 2.87. The SMILES string of the molecule is FC(F)CNc1ncnc2cccnc12. The molecule has 0 bridgehead atoms. The van der Waals surface area contributed by atoms with Gasteiger partial charge in [-0.25, -0.2) is 18.7 Å². The first-order valence-electron chi connectivity index (χ1n) is 4.35. The van der Waals surface area contributed by atoms with Gasteiger partial charge in [-0.2, -0.15) is 0 Å². The second kappa shape index (κ2) is 4.12. The maximum absolute atomic E-state index is 12.0. The number of pyridine rings is 1. The van der Waals surface area contributed by atoms with Crippen LogP contribution in [-0.4, -0.2) is 27.9 Å². The maximum Gasteiger partial charge on any atom is 0.255 e. The lowest BCUT2D eigenvalue weighted by Gasteiger charge is -2.05. The van der Waals surface area contributed by atoms with E-state index in [9.17, 15) is 8.78 Å². The van der Waals surface area contributed by atoms with Crippen LogP contribution in [0.25, 0.3) is 11.0 Å². The summed E-state index contributed by atoms with van der Waals surface area (Å²) in [5.41, 5.74) is 1.13. The summed E-state index contributed by atoms with van der Waals surface area (Å²) in [6, 6.07) is 3.48. The van der Waals surface area contributed by atoms with E-state index in [1.807, 2.05) is 0 Å². The van der Waals surface area contributed by atoms with Crippen LogP contribution < -0.4 is 5.32 Å². The van der Waals surface area contributed by atoms with Crippen molar-refractivity contribution < 1.29 is 8.78 Å². The predicted octanol–water partition coefficient (Wildman–Crippen LogP) is 1.70. The minimum Gasteiger partial charge on any atom is -0.362 e. The van der Waals surface area contributed by atoms with E-state index in [0.717, 1.165) is 0 Å². The van der Waals surface area contributed by atoms with Crippen LogP contribution in [0.4, 0.5) is 14.6 Å². The number of hydrogen-bond donors (Lipinski definition) is 1. The highest BCUT2D eigenvalue weighted by molar-refractivity contribution is 5.84. The molecule has 0 fully saturated rings. The molecule has 0 saturated carbocycles. The van der Waals surface area contributed by atoms with Gasteiger partial charge in [0.2, 0.25) is 0 Å². The molecule has 0 aliphatic carbocycles. The Morgan fingerprint density at radius 3 is 2.93 bits per heavy atom. The molecule has 1 N–H and O–H groups in total. The van der Waals surface area contributed by atoms with Gasteiger partial charge in [0.25, 0.3) is 6.43 Å². The molecule has 0 unspecified atom stereocenters. The first kappa shape index (κ1) is 9.70. The lowest BCUT2D eigenvalue weighted by atomic mass is 10.3. The molecule has 0 amide bonds. The Morgan fingerprint density at radius 1 is 1.27 bits per heavy atom. The number of hydrogen-bond acceptors (Lipinski definition) is 4. The molecule has 0 atom stereocenters. The lowest BCUT2D eigenvalue weighted by Crippen LogP contribution is -2.12. The molecule has 0 saturated heterocycles. The van der Waals surface area contributed by atoms with Crippen molar-refractivity contribution in [1.29, 1.82) is 0 Å². The molecule has 2 heterocycles. The van der Waals surface area contributed by atoms with Crippen molar-refractivity contribution in [2.45, 2.75) is 6.43 Å². The number of alkyl halides is 2. The first-order valence-corrected chi connectivity index (χ1v) is 4.35. The molecule has 0 radical (unpaired) electrons. The van der Waals surface area contributed by atoms with Crippen LogP contribution in [0.2, 0.25) is 0 Å². The standard InChI is InChI=1S/C9H8F2N4/c10-7(11)4-13-9-8-6(14-5-15-9)2-1-3-12-8/h1-3,5,7H,4H2,(H,13,14,15). The number of halogens is 2. The highest BCUT2D eigenvalue weighted by Crippen LogP contribution is 2.15. The number of rotatable bonds is 3. The van der Waals surface area contributed by atoms with Gasteiger partial charge in [-0.15, -0.1) is 0 Å². The van der Waals surface area contributed by atoms with Gasteiger partial charge >= 0.3 is 0 Å². The Balaban J connectivity index is 2.34. The van der Waals surface area contributed by atoms with E-state index in [2.05, 4.69) is 20.3 Å². The van der Waals surface area contributed by atoms with E-state index in [4.69, 9.17) is 0 Å². The summed E-state index contributed by atoms with van der Waals surface area (Å²) >= 11 is 0. The number of nitrogens with one attached hydrogen (secondary N) is 1. The largest absolute Gasteiger partial charge is 0.362 e. The normalized spacial score (nSPS) is 10.9. The zero-order valence-electron chi connectivity index (χ0n) is 7.69. The molecular formula is C9H8F2N4. The average molecular weight is 210 g/mol. The Bertz CT molecular complexity index is 455. The number of anilines is 1. The molecule has 2 aromatic heterocycles. The van der Waals surface area contributed by atoms with Crippen molar-refractivity contribution in [2.75, 3.05) is 11.9 Å². The van der Waals surface area contributed by atoms with Crippen LogP contribution in [0.15, 0.2) is 24.7 Å². The van der Waals surface area contributed by atoms with E-state index < -0.39 is 13.0 Å². The van der Waals surface area contributed by atoms with Crippen LogP contribution >= 0.6 is 0 Å². The number of nitrogens with zero attached hydrogens (tertiary/aromatic N) is 3. The van der Waals surface area contributed by atoms with Gasteiger partial charge in [0, 0.05) is 6.20 Å². The molecule has 0 spiro atoms. The van der Waals surface area contributed by atoms with Crippen molar-refractivity contribution in [2.24, 2.45) is 0 Å². The zero-order chi connectivity index (χ0) is 10.7. The Morgan fingerprint density at radius 2 is 2.13 bits per heavy atom. The van der Waals surface area contributed by atoms with Gasteiger partial charge in [0.05, 0.1) is 12.1 Å². The summed E-state index contributed by atoms with van der Waals surface area (Å²) in [7, 11) is 0.